The summed E-state index contributed by atoms with van der Waals surface area (Å²) < 4.78 is 0. The molecule has 1 N–H and O–H groups in total. The summed E-state index contributed by atoms with van der Waals surface area (Å²) in [5, 5.41) is 3.28. The van der Waals surface area contributed by atoms with Crippen molar-refractivity contribution < 1.29 is 19.4 Å². The Balaban J connectivity index is 0. The summed E-state index contributed by atoms with van der Waals surface area (Å²) >= 11 is 1.47. The van der Waals surface area contributed by atoms with Crippen LogP contribution in [0.3, 0.4) is 0 Å². The first-order valence-electron chi connectivity index (χ1n) is 3.31. The maximum absolute atomic E-state index is 4.64. The molecule has 1 nitrogen and oxygen atoms in total. The van der Waals surface area contributed by atoms with E-state index in [1.165, 1.54) is 45.3 Å². The van der Waals surface area contributed by atoms with Gasteiger partial charge in [-0.2, -0.15) is 0 Å². The fourth-order valence-electron chi connectivity index (χ4n) is 0.479. The molecule has 0 amide bonds. The van der Waals surface area contributed by atoms with Crippen LogP contribution >= 0.6 is 9.30 Å². The zero-order valence-electron chi connectivity index (χ0n) is 6.21. The minimum absolute atomic E-state index is 1.17. The summed E-state index contributed by atoms with van der Waals surface area (Å²) in [4.78, 5) is 0. The molecule has 0 aliphatic rings. The summed E-state index contributed by atoms with van der Waals surface area (Å²) in [6.07, 6.45) is 2.50. The van der Waals surface area contributed by atoms with Crippen molar-refractivity contribution in [2.24, 2.45) is 0 Å². The van der Waals surface area contributed by atoms with Gasteiger partial charge in [0, 0.05) is 0 Å². The van der Waals surface area contributed by atoms with Crippen molar-refractivity contribution >= 4 is 9.30 Å². The fourth-order valence-corrected chi connectivity index (χ4v) is 0.479. The minimum atomic E-state index is 1.17. The second-order valence-corrected chi connectivity index (χ2v) is 1.75. The number of nitrogens with one attached hydrogen (secondary N) is 1. The van der Waals surface area contributed by atoms with E-state index in [1.807, 2.05) is 0 Å². The first-order valence-corrected chi connectivity index (χ1v) is 5.46. The van der Waals surface area contributed by atoms with Crippen molar-refractivity contribution in [2.75, 3.05) is 13.1 Å². The number of hydrogen-bond acceptors (Lipinski definition) is 1. The van der Waals surface area contributed by atoms with Gasteiger partial charge in [0.25, 0.3) is 0 Å². The zero-order valence-corrected chi connectivity index (χ0v) is 8.52. The third-order valence-electron chi connectivity index (χ3n) is 0.854. The van der Waals surface area contributed by atoms with Gasteiger partial charge in [-0.1, -0.05) is 13.8 Å². The molecule has 0 radical (unpaired) electrons. The van der Waals surface area contributed by atoms with Gasteiger partial charge in [-0.05, 0) is 25.9 Å². The van der Waals surface area contributed by atoms with Crippen molar-refractivity contribution in [3.05, 3.63) is 0 Å². The Morgan fingerprint density at radius 3 is 1.67 bits per heavy atom. The van der Waals surface area contributed by atoms with E-state index in [0.717, 1.165) is 0 Å². The number of rotatable bonds is 4. The van der Waals surface area contributed by atoms with E-state index < -0.39 is 0 Å². The van der Waals surface area contributed by atoms with Gasteiger partial charge in [0.05, 0.1) is 0 Å². The van der Waals surface area contributed by atoms with Gasteiger partial charge >= 0.3 is 28.7 Å². The average molecular weight is 185 g/mol. The quantitative estimate of drug-likeness (QED) is 0.521. The van der Waals surface area contributed by atoms with E-state index in [4.69, 9.17) is 0 Å². The summed E-state index contributed by atoms with van der Waals surface area (Å²) in [7, 11) is 4.64. The molecule has 0 aromatic heterocycles. The first kappa shape index (κ1) is 12.6. The van der Waals surface area contributed by atoms with Crippen LogP contribution in [0.2, 0.25) is 0 Å². The molecule has 0 heterocycles. The van der Waals surface area contributed by atoms with Crippen LogP contribution < -0.4 is 5.32 Å². The molecule has 0 fully saturated rings. The number of hydrogen-bond donors (Lipinski definition) is 1. The van der Waals surface area contributed by atoms with Crippen molar-refractivity contribution in [2.45, 2.75) is 26.7 Å². The van der Waals surface area contributed by atoms with Crippen LogP contribution in [0.4, 0.5) is 0 Å². The Labute approximate surface area is 73.8 Å². The third kappa shape index (κ3) is 17.6. The Kier molecular flexibility index (Phi) is 22.4. The van der Waals surface area contributed by atoms with Gasteiger partial charge < -0.3 is 5.32 Å². The second kappa shape index (κ2) is 16.0. The molecule has 0 saturated carbocycles. The molecule has 0 bridgehead atoms. The Morgan fingerprint density at radius 2 is 1.44 bits per heavy atom. The van der Waals surface area contributed by atoms with Crippen molar-refractivity contribution in [1.29, 1.82) is 0 Å². The van der Waals surface area contributed by atoms with Crippen LogP contribution in [0.1, 0.15) is 26.7 Å². The molecule has 0 aliphatic heterocycles. The van der Waals surface area contributed by atoms with Gasteiger partial charge in [-0.25, -0.2) is 0 Å². The van der Waals surface area contributed by atoms with E-state index >= 15 is 0 Å². The molecule has 0 unspecified atom stereocenters. The molecule has 3 heteroatoms. The maximum atomic E-state index is 4.64. The predicted molar refractivity (Wildman–Crippen MR) is 39.3 cm³/mol. The van der Waals surface area contributed by atoms with Crippen LogP contribution in [-0.4, -0.2) is 13.1 Å². The molecular formula is C6H15ClNTi. The van der Waals surface area contributed by atoms with Crippen LogP contribution in [0.15, 0.2) is 0 Å². The van der Waals surface area contributed by atoms with E-state index in [2.05, 4.69) is 28.5 Å². The third-order valence-corrected chi connectivity index (χ3v) is 0.854. The van der Waals surface area contributed by atoms with Crippen LogP contribution in [0, 0.1) is 0 Å². The average Bonchev–Trinajstić information content (AvgIpc) is 1.94. The van der Waals surface area contributed by atoms with Crippen molar-refractivity contribution in [3.63, 3.8) is 0 Å². The van der Waals surface area contributed by atoms with Crippen molar-refractivity contribution in [1.82, 2.24) is 5.32 Å². The Bertz CT molecular complexity index is 32.2. The predicted octanol–water partition coefficient (Wildman–Crippen LogP) is 2.08. The normalized spacial score (nSPS) is 7.78. The van der Waals surface area contributed by atoms with E-state index in [-0.39, 0.29) is 0 Å². The molecule has 0 aromatic carbocycles. The van der Waals surface area contributed by atoms with Crippen molar-refractivity contribution in [3.8, 4) is 0 Å². The van der Waals surface area contributed by atoms with Gasteiger partial charge in [-0.3, -0.25) is 0 Å². The Hall–Kier alpha value is 0.964. The first-order chi connectivity index (χ1) is 4.41. The van der Waals surface area contributed by atoms with Crippen LogP contribution in [0.25, 0.3) is 0 Å². The molecule has 0 aliphatic carbocycles. The Morgan fingerprint density at radius 1 is 1.11 bits per heavy atom. The number of halogens is 1. The van der Waals surface area contributed by atoms with Gasteiger partial charge in [0.2, 0.25) is 0 Å². The summed E-state index contributed by atoms with van der Waals surface area (Å²) in [6.45, 7) is 6.72. The van der Waals surface area contributed by atoms with E-state index in [1.54, 1.807) is 0 Å². The monoisotopic (exact) mass is 184 g/mol. The standard InChI is InChI=1S/C6H15N.ClH.Ti/c1-3-5-7-6-4-2;;/h7H,3-6H2,1-2H3;1H;/q;;+1/p-1. The molecule has 0 spiro atoms. The molecule has 0 rings (SSSR count). The summed E-state index contributed by atoms with van der Waals surface area (Å²) in [5.74, 6) is 0. The summed E-state index contributed by atoms with van der Waals surface area (Å²) in [5.41, 5.74) is 0. The van der Waals surface area contributed by atoms with Gasteiger partial charge in [-0.15, -0.1) is 0 Å². The van der Waals surface area contributed by atoms with Crippen LogP contribution in [0.5, 0.6) is 0 Å². The van der Waals surface area contributed by atoms with Gasteiger partial charge in [0.15, 0.2) is 0 Å². The molecule has 0 saturated heterocycles. The molecule has 0 aromatic rings. The topological polar surface area (TPSA) is 12.0 Å². The molecule has 55 valence electrons. The molecule has 9 heavy (non-hydrogen) atoms. The van der Waals surface area contributed by atoms with Gasteiger partial charge in [0.1, 0.15) is 0 Å². The zero-order chi connectivity index (χ0) is 7.54. The molecular weight excluding hydrogens is 169 g/mol. The van der Waals surface area contributed by atoms with E-state index in [9.17, 15) is 0 Å². The fraction of sp³-hybridized carbons (Fsp3) is 1.00. The van der Waals surface area contributed by atoms with E-state index in [0.29, 0.717) is 0 Å². The SMILES string of the molecule is CCCNCCC.[Cl][Ti]. The second-order valence-electron chi connectivity index (χ2n) is 1.75. The summed E-state index contributed by atoms with van der Waals surface area (Å²) in [6, 6.07) is 0. The molecule has 0 atom stereocenters. The van der Waals surface area contributed by atoms with Crippen LogP contribution in [-0.2, 0) is 19.4 Å².